The van der Waals surface area contributed by atoms with Gasteiger partial charge in [0.15, 0.2) is 0 Å². The van der Waals surface area contributed by atoms with Crippen molar-refractivity contribution in [3.63, 3.8) is 0 Å². The molecule has 0 bridgehead atoms. The molecule has 1 fully saturated rings. The molecule has 3 N–H and O–H groups in total. The Kier molecular flexibility index (Phi) is 4.73. The van der Waals surface area contributed by atoms with Crippen molar-refractivity contribution in [1.82, 2.24) is 5.32 Å². The monoisotopic (exact) mass is 248 g/mol. The first-order valence-corrected chi connectivity index (χ1v) is 6.45. The van der Waals surface area contributed by atoms with Gasteiger partial charge in [0, 0.05) is 19.2 Å². The molecule has 4 nitrogen and oxygen atoms in total. The highest BCUT2D eigenvalue weighted by Crippen LogP contribution is 2.12. The minimum atomic E-state index is -0.283. The zero-order valence-corrected chi connectivity index (χ0v) is 10.5. The molecule has 2 unspecified atom stereocenters. The second kappa shape index (κ2) is 6.52. The lowest BCUT2D eigenvalue weighted by atomic mass is 10.1. The summed E-state index contributed by atoms with van der Waals surface area (Å²) in [5.41, 5.74) is 6.89. The summed E-state index contributed by atoms with van der Waals surface area (Å²) in [6, 6.07) is 10.0. The average molecular weight is 248 g/mol. The third kappa shape index (κ3) is 3.55. The molecular formula is C14H20N2O2. The summed E-state index contributed by atoms with van der Waals surface area (Å²) in [7, 11) is 0. The summed E-state index contributed by atoms with van der Waals surface area (Å²) < 4.78 is 5.36. The molecule has 1 heterocycles. The van der Waals surface area contributed by atoms with Crippen molar-refractivity contribution < 1.29 is 9.53 Å². The summed E-state index contributed by atoms with van der Waals surface area (Å²) in [5.74, 6) is -0.0288. The Balaban J connectivity index is 1.87. The van der Waals surface area contributed by atoms with Crippen LogP contribution in [-0.2, 0) is 16.0 Å². The van der Waals surface area contributed by atoms with Crippen molar-refractivity contribution in [2.75, 3.05) is 13.2 Å². The van der Waals surface area contributed by atoms with Crippen LogP contribution in [0.2, 0.25) is 0 Å². The van der Waals surface area contributed by atoms with Crippen molar-refractivity contribution in [2.24, 2.45) is 5.73 Å². The molecule has 1 aromatic rings. The lowest BCUT2D eigenvalue weighted by Gasteiger charge is -2.19. The molecule has 1 saturated heterocycles. The predicted octanol–water partition coefficient (Wildman–Crippen LogP) is 0.852. The van der Waals surface area contributed by atoms with Crippen LogP contribution < -0.4 is 11.1 Å². The number of benzene rings is 1. The summed E-state index contributed by atoms with van der Waals surface area (Å²) in [4.78, 5) is 11.9. The maximum atomic E-state index is 11.9. The van der Waals surface area contributed by atoms with Gasteiger partial charge in [0.25, 0.3) is 0 Å². The largest absolute Gasteiger partial charge is 0.368 e. The Hall–Kier alpha value is -1.39. The van der Waals surface area contributed by atoms with Gasteiger partial charge in [-0.15, -0.1) is 0 Å². The highest BCUT2D eigenvalue weighted by Gasteiger charge is 2.25. The number of hydrogen-bond acceptors (Lipinski definition) is 3. The number of nitrogens with two attached hydrogens (primary N) is 1. The Morgan fingerprint density at radius 3 is 2.83 bits per heavy atom. The zero-order chi connectivity index (χ0) is 12.8. The van der Waals surface area contributed by atoms with Crippen molar-refractivity contribution >= 4 is 5.91 Å². The van der Waals surface area contributed by atoms with E-state index >= 15 is 0 Å². The molecule has 4 heteroatoms. The maximum absolute atomic E-state index is 11.9. The first kappa shape index (κ1) is 13.1. The molecule has 2 rings (SSSR count). The lowest BCUT2D eigenvalue weighted by Crippen LogP contribution is -2.45. The van der Waals surface area contributed by atoms with Crippen molar-refractivity contribution in [1.29, 1.82) is 0 Å². The van der Waals surface area contributed by atoms with Crippen LogP contribution in [0.3, 0.4) is 0 Å². The first-order chi connectivity index (χ1) is 8.79. The Labute approximate surface area is 108 Å². The third-order valence-electron chi connectivity index (χ3n) is 3.18. The third-order valence-corrected chi connectivity index (χ3v) is 3.18. The molecule has 1 aliphatic rings. The van der Waals surface area contributed by atoms with Crippen LogP contribution in [-0.4, -0.2) is 31.2 Å². The van der Waals surface area contributed by atoms with Crippen LogP contribution in [0.5, 0.6) is 0 Å². The second-order valence-electron chi connectivity index (χ2n) is 4.63. The molecule has 1 amide bonds. The highest BCUT2D eigenvalue weighted by molar-refractivity contribution is 5.81. The summed E-state index contributed by atoms with van der Waals surface area (Å²) in [5, 5.41) is 2.97. The fourth-order valence-electron chi connectivity index (χ4n) is 2.17. The summed E-state index contributed by atoms with van der Waals surface area (Å²) in [6.45, 7) is 1.12. The molecule has 0 radical (unpaired) electrons. The van der Waals surface area contributed by atoms with E-state index in [1.165, 1.54) is 5.56 Å². The van der Waals surface area contributed by atoms with E-state index in [9.17, 15) is 4.79 Å². The van der Waals surface area contributed by atoms with Gasteiger partial charge in [-0.2, -0.15) is 0 Å². The van der Waals surface area contributed by atoms with Gasteiger partial charge < -0.3 is 15.8 Å². The molecule has 2 atom stereocenters. The van der Waals surface area contributed by atoms with Gasteiger partial charge in [-0.3, -0.25) is 4.79 Å². The molecule has 98 valence electrons. The van der Waals surface area contributed by atoms with Gasteiger partial charge >= 0.3 is 0 Å². The van der Waals surface area contributed by atoms with E-state index in [2.05, 4.69) is 5.32 Å². The molecule has 0 saturated carbocycles. The van der Waals surface area contributed by atoms with E-state index in [0.717, 1.165) is 19.3 Å². The number of hydrogen-bond donors (Lipinski definition) is 2. The van der Waals surface area contributed by atoms with Crippen LogP contribution in [0.1, 0.15) is 18.4 Å². The van der Waals surface area contributed by atoms with Gasteiger partial charge in [-0.1, -0.05) is 30.3 Å². The quantitative estimate of drug-likeness (QED) is 0.812. The van der Waals surface area contributed by atoms with E-state index in [4.69, 9.17) is 10.5 Å². The zero-order valence-electron chi connectivity index (χ0n) is 10.5. The van der Waals surface area contributed by atoms with Crippen LogP contribution in [0.4, 0.5) is 0 Å². The van der Waals surface area contributed by atoms with E-state index in [0.29, 0.717) is 13.2 Å². The number of rotatable bonds is 5. The molecule has 0 aromatic heterocycles. The molecule has 1 aromatic carbocycles. The van der Waals surface area contributed by atoms with Gasteiger partial charge in [0.1, 0.15) is 6.10 Å². The first-order valence-electron chi connectivity index (χ1n) is 6.45. The SMILES string of the molecule is NCC(Cc1ccccc1)NC(=O)C1CCCO1. The standard InChI is InChI=1S/C14H20N2O2/c15-10-12(9-11-5-2-1-3-6-11)16-14(17)13-7-4-8-18-13/h1-3,5-6,12-13H,4,7-10,15H2,(H,16,17). The lowest BCUT2D eigenvalue weighted by molar-refractivity contribution is -0.130. The molecule has 0 spiro atoms. The Morgan fingerprint density at radius 2 is 2.22 bits per heavy atom. The van der Waals surface area contributed by atoms with Crippen LogP contribution in [0.15, 0.2) is 30.3 Å². The Bertz CT molecular complexity index is 375. The topological polar surface area (TPSA) is 64.3 Å². The van der Waals surface area contributed by atoms with E-state index in [1.54, 1.807) is 0 Å². The molecule has 0 aliphatic carbocycles. The predicted molar refractivity (Wildman–Crippen MR) is 70.1 cm³/mol. The molecular weight excluding hydrogens is 228 g/mol. The van der Waals surface area contributed by atoms with E-state index in [1.807, 2.05) is 30.3 Å². The van der Waals surface area contributed by atoms with Crippen molar-refractivity contribution in [3.05, 3.63) is 35.9 Å². The second-order valence-corrected chi connectivity index (χ2v) is 4.63. The number of carbonyl (C=O) groups excluding carboxylic acids is 1. The van der Waals surface area contributed by atoms with Crippen molar-refractivity contribution in [2.45, 2.75) is 31.4 Å². The Morgan fingerprint density at radius 1 is 1.44 bits per heavy atom. The maximum Gasteiger partial charge on any atom is 0.249 e. The average Bonchev–Trinajstić information content (AvgIpc) is 2.93. The van der Waals surface area contributed by atoms with Gasteiger partial charge in [-0.25, -0.2) is 0 Å². The normalized spacial score (nSPS) is 20.6. The minimum Gasteiger partial charge on any atom is -0.368 e. The fraction of sp³-hybridized carbons (Fsp3) is 0.500. The van der Waals surface area contributed by atoms with Gasteiger partial charge in [0.2, 0.25) is 5.91 Å². The van der Waals surface area contributed by atoms with Crippen LogP contribution in [0, 0.1) is 0 Å². The van der Waals surface area contributed by atoms with E-state index < -0.39 is 0 Å². The summed E-state index contributed by atoms with van der Waals surface area (Å²) in [6.07, 6.45) is 2.25. The van der Waals surface area contributed by atoms with Gasteiger partial charge in [-0.05, 0) is 24.8 Å². The van der Waals surface area contributed by atoms with Crippen LogP contribution >= 0.6 is 0 Å². The van der Waals surface area contributed by atoms with Gasteiger partial charge in [0.05, 0.1) is 0 Å². The minimum absolute atomic E-state index is 0.0240. The van der Waals surface area contributed by atoms with Crippen molar-refractivity contribution in [3.8, 4) is 0 Å². The summed E-state index contributed by atoms with van der Waals surface area (Å²) >= 11 is 0. The molecule has 1 aliphatic heterocycles. The number of nitrogens with one attached hydrogen (secondary N) is 1. The molecule has 18 heavy (non-hydrogen) atoms. The number of carbonyl (C=O) groups is 1. The fourth-order valence-corrected chi connectivity index (χ4v) is 2.17. The van der Waals surface area contributed by atoms with Crippen LogP contribution in [0.25, 0.3) is 0 Å². The van der Waals surface area contributed by atoms with E-state index in [-0.39, 0.29) is 18.1 Å². The highest BCUT2D eigenvalue weighted by atomic mass is 16.5. The number of ether oxygens (including phenoxy) is 1. The smallest absolute Gasteiger partial charge is 0.249 e. The number of amides is 1.